The van der Waals surface area contributed by atoms with E-state index in [4.69, 9.17) is 14.6 Å². The summed E-state index contributed by atoms with van der Waals surface area (Å²) in [5, 5.41) is 11.0. The van der Waals surface area contributed by atoms with Crippen LogP contribution in [-0.2, 0) is 0 Å². The van der Waals surface area contributed by atoms with Gasteiger partial charge >= 0.3 is 5.97 Å². The minimum Gasteiger partial charge on any atom is -0.493 e. The molecule has 3 rings (SSSR count). The second-order valence-electron chi connectivity index (χ2n) is 4.39. The summed E-state index contributed by atoms with van der Waals surface area (Å²) in [5.41, 5.74) is 1.70. The molecule has 0 atom stereocenters. The molecule has 0 saturated carbocycles. The van der Waals surface area contributed by atoms with E-state index in [0.29, 0.717) is 16.5 Å². The quantitative estimate of drug-likeness (QED) is 0.746. The highest BCUT2D eigenvalue weighted by Crippen LogP contribution is 2.39. The van der Waals surface area contributed by atoms with E-state index < -0.39 is 5.97 Å². The lowest BCUT2D eigenvalue weighted by atomic mass is 10.1. The van der Waals surface area contributed by atoms with Gasteiger partial charge in [0.15, 0.2) is 22.2 Å². The number of ether oxygens (including phenoxy) is 2. The summed E-state index contributed by atoms with van der Waals surface area (Å²) in [4.78, 5) is 15.7. The molecule has 3 aromatic rings. The van der Waals surface area contributed by atoms with Crippen LogP contribution >= 0.6 is 27.3 Å². The molecule has 6 nitrogen and oxygen atoms in total. The molecule has 0 aliphatic heterocycles. The predicted octanol–water partition coefficient (Wildman–Crippen LogP) is 3.54. The first-order chi connectivity index (χ1) is 10.5. The SMILES string of the molecule is COc1cc(Br)c(-c2csc3nc(C(=O)O)cn23)cc1OC. The molecule has 0 aliphatic carbocycles. The summed E-state index contributed by atoms with van der Waals surface area (Å²) in [6.07, 6.45) is 1.51. The Morgan fingerprint density at radius 1 is 1.32 bits per heavy atom. The van der Waals surface area contributed by atoms with Gasteiger partial charge in [0.25, 0.3) is 0 Å². The Morgan fingerprint density at radius 2 is 2.00 bits per heavy atom. The van der Waals surface area contributed by atoms with Crippen molar-refractivity contribution in [3.05, 3.63) is 33.9 Å². The number of aromatic nitrogens is 2. The minimum atomic E-state index is -1.05. The number of methoxy groups -OCH3 is 2. The third-order valence-electron chi connectivity index (χ3n) is 3.18. The van der Waals surface area contributed by atoms with Gasteiger partial charge in [0.1, 0.15) is 0 Å². The smallest absolute Gasteiger partial charge is 0.356 e. The standard InChI is InChI=1S/C14H11BrN2O4S/c1-20-11-3-7(8(15)4-12(11)21-2)10-6-22-14-16-9(13(18)19)5-17(10)14/h3-6H,1-2H3,(H,18,19). The lowest BCUT2D eigenvalue weighted by molar-refractivity contribution is 0.0691. The van der Waals surface area contributed by atoms with E-state index in [2.05, 4.69) is 20.9 Å². The molecule has 1 aromatic carbocycles. The molecule has 1 N–H and O–H groups in total. The van der Waals surface area contributed by atoms with Crippen molar-refractivity contribution in [2.75, 3.05) is 14.2 Å². The van der Waals surface area contributed by atoms with Crippen molar-refractivity contribution < 1.29 is 19.4 Å². The molecule has 0 spiro atoms. The van der Waals surface area contributed by atoms with Crippen LogP contribution in [0.5, 0.6) is 11.5 Å². The maximum absolute atomic E-state index is 11.1. The monoisotopic (exact) mass is 382 g/mol. The van der Waals surface area contributed by atoms with Crippen LogP contribution in [0.1, 0.15) is 10.5 Å². The number of carboxylic acids is 1. The summed E-state index contributed by atoms with van der Waals surface area (Å²) in [6.45, 7) is 0. The summed E-state index contributed by atoms with van der Waals surface area (Å²) < 4.78 is 13.2. The van der Waals surface area contributed by atoms with Crippen molar-refractivity contribution in [2.45, 2.75) is 0 Å². The number of nitrogens with zero attached hydrogens (tertiary/aromatic N) is 2. The highest BCUT2D eigenvalue weighted by molar-refractivity contribution is 9.10. The van der Waals surface area contributed by atoms with Gasteiger partial charge in [-0.25, -0.2) is 9.78 Å². The molecule has 8 heteroatoms. The largest absolute Gasteiger partial charge is 0.493 e. The molecule has 0 amide bonds. The van der Waals surface area contributed by atoms with E-state index in [1.807, 2.05) is 17.5 Å². The maximum Gasteiger partial charge on any atom is 0.356 e. The van der Waals surface area contributed by atoms with Crippen LogP contribution in [-0.4, -0.2) is 34.7 Å². The summed E-state index contributed by atoms with van der Waals surface area (Å²) in [5.74, 6) is 0.160. The van der Waals surface area contributed by atoms with E-state index in [0.717, 1.165) is 15.7 Å². The van der Waals surface area contributed by atoms with Crippen LogP contribution in [0.2, 0.25) is 0 Å². The Kier molecular flexibility index (Phi) is 3.79. The van der Waals surface area contributed by atoms with Gasteiger partial charge in [0.05, 0.1) is 19.9 Å². The molecule has 2 aromatic heterocycles. The van der Waals surface area contributed by atoms with Crippen molar-refractivity contribution in [2.24, 2.45) is 0 Å². The maximum atomic E-state index is 11.1. The molecule has 0 aliphatic rings. The highest BCUT2D eigenvalue weighted by Gasteiger charge is 2.17. The van der Waals surface area contributed by atoms with Gasteiger partial charge in [-0.1, -0.05) is 0 Å². The van der Waals surface area contributed by atoms with Crippen molar-refractivity contribution in [1.82, 2.24) is 9.38 Å². The lowest BCUT2D eigenvalue weighted by Crippen LogP contribution is -1.95. The van der Waals surface area contributed by atoms with Crippen molar-refractivity contribution >= 4 is 38.2 Å². The Bertz CT molecular complexity index is 871. The van der Waals surface area contributed by atoms with Crippen LogP contribution in [0.15, 0.2) is 28.2 Å². The second kappa shape index (κ2) is 5.62. The molecule has 2 heterocycles. The van der Waals surface area contributed by atoms with Crippen molar-refractivity contribution in [3.8, 4) is 22.8 Å². The van der Waals surface area contributed by atoms with Gasteiger partial charge in [-0.3, -0.25) is 4.40 Å². The van der Waals surface area contributed by atoms with Crippen molar-refractivity contribution in [1.29, 1.82) is 0 Å². The molecule has 0 saturated heterocycles. The zero-order chi connectivity index (χ0) is 15.9. The van der Waals surface area contributed by atoms with E-state index in [1.165, 1.54) is 17.5 Å². The average molecular weight is 383 g/mol. The molecule has 0 fully saturated rings. The van der Waals surface area contributed by atoms with Crippen molar-refractivity contribution in [3.63, 3.8) is 0 Å². The number of halogens is 1. The number of fused-ring (bicyclic) bond motifs is 1. The first-order valence-electron chi connectivity index (χ1n) is 6.17. The van der Waals surface area contributed by atoms with Crippen LogP contribution in [0, 0.1) is 0 Å². The Balaban J connectivity index is 2.20. The number of rotatable bonds is 4. The van der Waals surface area contributed by atoms with Gasteiger partial charge in [0.2, 0.25) is 0 Å². The van der Waals surface area contributed by atoms with Gasteiger partial charge in [-0.15, -0.1) is 11.3 Å². The zero-order valence-corrected chi connectivity index (χ0v) is 14.1. The first kappa shape index (κ1) is 14.9. The molecule has 0 unspecified atom stereocenters. The topological polar surface area (TPSA) is 73.1 Å². The Morgan fingerprint density at radius 3 is 2.64 bits per heavy atom. The third kappa shape index (κ3) is 2.34. The fourth-order valence-corrected chi connectivity index (χ4v) is 3.53. The fourth-order valence-electron chi connectivity index (χ4n) is 2.13. The first-order valence-corrected chi connectivity index (χ1v) is 7.84. The Labute approximate surface area is 138 Å². The number of benzene rings is 1. The molecule has 0 bridgehead atoms. The summed E-state index contributed by atoms with van der Waals surface area (Å²) >= 11 is 4.89. The van der Waals surface area contributed by atoms with E-state index in [1.54, 1.807) is 18.6 Å². The lowest BCUT2D eigenvalue weighted by Gasteiger charge is -2.11. The number of hydrogen-bond donors (Lipinski definition) is 1. The third-order valence-corrected chi connectivity index (χ3v) is 4.67. The van der Waals surface area contributed by atoms with Gasteiger partial charge in [0, 0.05) is 21.6 Å². The summed E-state index contributed by atoms with van der Waals surface area (Å²) in [7, 11) is 3.14. The molecular formula is C14H11BrN2O4S. The second-order valence-corrected chi connectivity index (χ2v) is 6.08. The summed E-state index contributed by atoms with van der Waals surface area (Å²) in [6, 6.07) is 3.65. The number of carboxylic acid groups (broad SMARTS) is 1. The van der Waals surface area contributed by atoms with Gasteiger partial charge in [-0.05, 0) is 28.1 Å². The molecular weight excluding hydrogens is 372 g/mol. The number of imidazole rings is 1. The highest BCUT2D eigenvalue weighted by atomic mass is 79.9. The van der Waals surface area contributed by atoms with E-state index >= 15 is 0 Å². The number of aromatic carboxylic acids is 1. The van der Waals surface area contributed by atoms with Crippen LogP contribution in [0.4, 0.5) is 0 Å². The number of carbonyl (C=O) groups is 1. The minimum absolute atomic E-state index is 0.0182. The zero-order valence-electron chi connectivity index (χ0n) is 11.7. The van der Waals surface area contributed by atoms with Crippen LogP contribution in [0.3, 0.4) is 0 Å². The number of hydrogen-bond acceptors (Lipinski definition) is 5. The predicted molar refractivity (Wildman–Crippen MR) is 86.3 cm³/mol. The average Bonchev–Trinajstić information content (AvgIpc) is 3.07. The van der Waals surface area contributed by atoms with Gasteiger partial charge in [-0.2, -0.15) is 0 Å². The number of thiazole rings is 1. The Hall–Kier alpha value is -2.06. The fraction of sp³-hybridized carbons (Fsp3) is 0.143. The normalized spacial score (nSPS) is 10.9. The molecule has 22 heavy (non-hydrogen) atoms. The van der Waals surface area contributed by atoms with E-state index in [9.17, 15) is 4.79 Å². The van der Waals surface area contributed by atoms with Gasteiger partial charge < -0.3 is 14.6 Å². The van der Waals surface area contributed by atoms with Crippen LogP contribution in [0.25, 0.3) is 16.2 Å². The molecule has 0 radical (unpaired) electrons. The molecule has 114 valence electrons. The van der Waals surface area contributed by atoms with E-state index in [-0.39, 0.29) is 5.69 Å². The van der Waals surface area contributed by atoms with Crippen LogP contribution < -0.4 is 9.47 Å².